The first kappa shape index (κ1) is 17.7. The van der Waals surface area contributed by atoms with Crippen LogP contribution in [0, 0.1) is 0 Å². The maximum absolute atomic E-state index is 12.8. The molecule has 2 aliphatic heterocycles. The lowest BCUT2D eigenvalue weighted by Gasteiger charge is -2.32. The van der Waals surface area contributed by atoms with Gasteiger partial charge in [-0.15, -0.1) is 0 Å². The van der Waals surface area contributed by atoms with Gasteiger partial charge in [-0.3, -0.25) is 14.5 Å². The molecule has 2 fully saturated rings. The van der Waals surface area contributed by atoms with Crippen molar-refractivity contribution in [2.45, 2.75) is 38.1 Å². The predicted octanol–water partition coefficient (Wildman–Crippen LogP) is 0.751. The summed E-state index contributed by atoms with van der Waals surface area (Å²) in [6, 6.07) is 3.80. The van der Waals surface area contributed by atoms with E-state index in [0.717, 1.165) is 57.7 Å². The Bertz CT molecular complexity index is 607. The second-order valence-corrected chi connectivity index (χ2v) is 6.91. The largest absolute Gasteiger partial charge is 0.369 e. The maximum Gasteiger partial charge on any atom is 0.255 e. The number of nitrogens with one attached hydrogen (secondary N) is 1. The minimum atomic E-state index is -0.302. The van der Waals surface area contributed by atoms with Crippen molar-refractivity contribution in [3.63, 3.8) is 0 Å². The molecule has 0 aliphatic carbocycles. The lowest BCUT2D eigenvalue weighted by atomic mass is 10.0. The molecule has 2 aliphatic rings. The third-order valence-corrected chi connectivity index (χ3v) is 4.99. The summed E-state index contributed by atoms with van der Waals surface area (Å²) in [5, 5.41) is 3.14. The Morgan fingerprint density at radius 2 is 1.88 bits per heavy atom. The number of pyridine rings is 1. The van der Waals surface area contributed by atoms with Crippen molar-refractivity contribution in [2.75, 3.05) is 37.6 Å². The quantitative estimate of drug-likeness (QED) is 0.822. The van der Waals surface area contributed by atoms with Crippen LogP contribution in [0.5, 0.6) is 0 Å². The van der Waals surface area contributed by atoms with Crippen LogP contribution >= 0.6 is 0 Å². The number of hydrogen-bond donors (Lipinski definition) is 2. The van der Waals surface area contributed by atoms with E-state index in [1.165, 1.54) is 6.42 Å². The maximum atomic E-state index is 12.8. The number of hydrogen-bond acceptors (Lipinski definition) is 5. The molecule has 2 amide bonds. The van der Waals surface area contributed by atoms with E-state index in [-0.39, 0.29) is 17.9 Å². The number of likely N-dealkylation sites (tertiary alicyclic amines) is 1. The molecule has 3 N–H and O–H groups in total. The zero-order valence-electron chi connectivity index (χ0n) is 14.6. The van der Waals surface area contributed by atoms with Crippen LogP contribution in [0.2, 0.25) is 0 Å². The van der Waals surface area contributed by atoms with Crippen LogP contribution in [0.4, 0.5) is 5.82 Å². The molecule has 0 spiro atoms. The lowest BCUT2D eigenvalue weighted by Crippen LogP contribution is -2.47. The number of carbonyl (C=O) groups excluding carboxylic acids is 2. The molecule has 7 heteroatoms. The van der Waals surface area contributed by atoms with Gasteiger partial charge >= 0.3 is 0 Å². The number of primary amides is 1. The van der Waals surface area contributed by atoms with E-state index in [2.05, 4.69) is 15.2 Å². The average molecular weight is 345 g/mol. The van der Waals surface area contributed by atoms with Crippen LogP contribution in [0.3, 0.4) is 0 Å². The Balaban J connectivity index is 1.59. The van der Waals surface area contributed by atoms with E-state index in [1.54, 1.807) is 6.20 Å². The molecule has 0 aromatic carbocycles. The predicted molar refractivity (Wildman–Crippen MR) is 96.4 cm³/mol. The third kappa shape index (κ3) is 4.69. The molecule has 2 saturated heterocycles. The minimum absolute atomic E-state index is 0.0537. The first-order valence-electron chi connectivity index (χ1n) is 9.15. The molecule has 0 bridgehead atoms. The van der Waals surface area contributed by atoms with E-state index < -0.39 is 0 Å². The summed E-state index contributed by atoms with van der Waals surface area (Å²) in [4.78, 5) is 32.5. The van der Waals surface area contributed by atoms with Crippen LogP contribution < -0.4 is 16.0 Å². The fraction of sp³-hybridized carbons (Fsp3) is 0.611. The van der Waals surface area contributed by atoms with Gasteiger partial charge in [0.25, 0.3) is 5.91 Å². The molecule has 0 atom stereocenters. The second kappa shape index (κ2) is 8.29. The molecule has 0 radical (unpaired) electrons. The normalized spacial score (nSPS) is 19.6. The zero-order valence-corrected chi connectivity index (χ0v) is 14.6. The van der Waals surface area contributed by atoms with Gasteiger partial charge in [0.15, 0.2) is 0 Å². The molecule has 3 rings (SSSR count). The minimum Gasteiger partial charge on any atom is -0.369 e. The van der Waals surface area contributed by atoms with E-state index in [1.807, 2.05) is 17.0 Å². The van der Waals surface area contributed by atoms with Crippen LogP contribution in [-0.4, -0.2) is 60.5 Å². The number of anilines is 1. The monoisotopic (exact) mass is 345 g/mol. The summed E-state index contributed by atoms with van der Waals surface area (Å²) in [7, 11) is 0. The first-order chi connectivity index (χ1) is 12.1. The molecule has 7 nitrogen and oxygen atoms in total. The zero-order chi connectivity index (χ0) is 17.6. The van der Waals surface area contributed by atoms with E-state index in [9.17, 15) is 9.59 Å². The van der Waals surface area contributed by atoms with Crippen LogP contribution in [0.25, 0.3) is 0 Å². The van der Waals surface area contributed by atoms with Crippen molar-refractivity contribution in [1.82, 2.24) is 15.2 Å². The number of nitrogens with two attached hydrogens (primary N) is 1. The summed E-state index contributed by atoms with van der Waals surface area (Å²) in [5.74, 6) is 0.442. The Morgan fingerprint density at radius 3 is 2.56 bits per heavy atom. The molecule has 0 unspecified atom stereocenters. The van der Waals surface area contributed by atoms with Gasteiger partial charge in [0.05, 0.1) is 12.1 Å². The highest BCUT2D eigenvalue weighted by atomic mass is 16.2. The number of rotatable bonds is 5. The average Bonchev–Trinajstić information content (AvgIpc) is 2.63. The Labute approximate surface area is 148 Å². The highest BCUT2D eigenvalue weighted by Crippen LogP contribution is 2.22. The lowest BCUT2D eigenvalue weighted by molar-refractivity contribution is -0.119. The molecule has 136 valence electrons. The molecule has 0 saturated carbocycles. The summed E-state index contributed by atoms with van der Waals surface area (Å²) in [6.07, 6.45) is 6.96. The van der Waals surface area contributed by atoms with E-state index in [0.29, 0.717) is 12.1 Å². The van der Waals surface area contributed by atoms with Gasteiger partial charge in [-0.25, -0.2) is 4.98 Å². The first-order valence-corrected chi connectivity index (χ1v) is 9.15. The fourth-order valence-corrected chi connectivity index (χ4v) is 3.65. The molecule has 3 heterocycles. The standard InChI is InChI=1S/C18H27N5O2/c19-16(24)13-22-11-6-14(7-12-22)21-18(25)15-5-4-8-20-17(15)23-9-2-1-3-10-23/h4-5,8,14H,1-3,6-7,9-13H2,(H2,19,24)(H,21,25). The molecule has 1 aromatic heterocycles. The van der Waals surface area contributed by atoms with Gasteiger partial charge in [0.2, 0.25) is 5.91 Å². The number of amides is 2. The third-order valence-electron chi connectivity index (χ3n) is 4.99. The van der Waals surface area contributed by atoms with Gasteiger partial charge in [-0.05, 0) is 44.2 Å². The van der Waals surface area contributed by atoms with Crippen molar-refractivity contribution >= 4 is 17.6 Å². The number of aromatic nitrogens is 1. The van der Waals surface area contributed by atoms with Gasteiger partial charge in [0, 0.05) is 38.4 Å². The molecular formula is C18H27N5O2. The van der Waals surface area contributed by atoms with Crippen LogP contribution in [-0.2, 0) is 4.79 Å². The topological polar surface area (TPSA) is 91.6 Å². The van der Waals surface area contributed by atoms with Crippen molar-refractivity contribution < 1.29 is 9.59 Å². The van der Waals surface area contributed by atoms with Crippen molar-refractivity contribution in [3.8, 4) is 0 Å². The summed E-state index contributed by atoms with van der Waals surface area (Å²) in [6.45, 7) is 3.77. The second-order valence-electron chi connectivity index (χ2n) is 6.91. The molecular weight excluding hydrogens is 318 g/mol. The highest BCUT2D eigenvalue weighted by molar-refractivity contribution is 5.99. The van der Waals surface area contributed by atoms with E-state index >= 15 is 0 Å². The van der Waals surface area contributed by atoms with Crippen LogP contribution in [0.1, 0.15) is 42.5 Å². The van der Waals surface area contributed by atoms with E-state index in [4.69, 9.17) is 5.73 Å². The number of carbonyl (C=O) groups is 2. The van der Waals surface area contributed by atoms with Crippen LogP contribution in [0.15, 0.2) is 18.3 Å². The van der Waals surface area contributed by atoms with Gasteiger partial charge in [0.1, 0.15) is 5.82 Å². The summed E-state index contributed by atoms with van der Waals surface area (Å²) >= 11 is 0. The molecule has 1 aromatic rings. The summed E-state index contributed by atoms with van der Waals surface area (Å²) in [5.41, 5.74) is 5.90. The van der Waals surface area contributed by atoms with Gasteiger partial charge in [-0.1, -0.05) is 0 Å². The van der Waals surface area contributed by atoms with Gasteiger partial charge in [-0.2, -0.15) is 0 Å². The Morgan fingerprint density at radius 1 is 1.16 bits per heavy atom. The van der Waals surface area contributed by atoms with Crippen molar-refractivity contribution in [3.05, 3.63) is 23.9 Å². The smallest absolute Gasteiger partial charge is 0.255 e. The highest BCUT2D eigenvalue weighted by Gasteiger charge is 2.24. The number of piperidine rings is 2. The SMILES string of the molecule is NC(=O)CN1CCC(NC(=O)c2cccnc2N2CCCCC2)CC1. The van der Waals surface area contributed by atoms with Crippen molar-refractivity contribution in [1.29, 1.82) is 0 Å². The number of nitrogens with zero attached hydrogens (tertiary/aromatic N) is 3. The summed E-state index contributed by atoms with van der Waals surface area (Å²) < 4.78 is 0. The fourth-order valence-electron chi connectivity index (χ4n) is 3.65. The Kier molecular flexibility index (Phi) is 5.86. The van der Waals surface area contributed by atoms with Crippen molar-refractivity contribution in [2.24, 2.45) is 5.73 Å². The van der Waals surface area contributed by atoms with Gasteiger partial charge < -0.3 is 16.0 Å². The Hall–Kier alpha value is -2.15. The molecule has 25 heavy (non-hydrogen) atoms.